The van der Waals surface area contributed by atoms with E-state index in [0.29, 0.717) is 25.9 Å². The highest BCUT2D eigenvalue weighted by atomic mass is 16.5. The van der Waals surface area contributed by atoms with Gasteiger partial charge >= 0.3 is 6.09 Å². The van der Waals surface area contributed by atoms with Gasteiger partial charge in [0.05, 0.1) is 7.11 Å². The van der Waals surface area contributed by atoms with Crippen molar-refractivity contribution in [2.45, 2.75) is 19.4 Å². The smallest absolute Gasteiger partial charge is 0.407 e. The second kappa shape index (κ2) is 8.93. The van der Waals surface area contributed by atoms with Crippen molar-refractivity contribution in [1.29, 1.82) is 0 Å². The van der Waals surface area contributed by atoms with Gasteiger partial charge in [-0.1, -0.05) is 42.5 Å². The molecule has 0 saturated carbocycles. The summed E-state index contributed by atoms with van der Waals surface area (Å²) >= 11 is 0. The molecule has 0 heterocycles. The molecule has 1 amide bonds. The number of hydrogen-bond acceptors (Lipinski definition) is 3. The summed E-state index contributed by atoms with van der Waals surface area (Å²) in [6.07, 6.45) is 0.215. The second-order valence-corrected chi connectivity index (χ2v) is 5.56. The van der Waals surface area contributed by atoms with Gasteiger partial charge in [0.15, 0.2) is 0 Å². The van der Waals surface area contributed by atoms with E-state index in [1.165, 1.54) is 4.90 Å². The number of carbonyl (C=O) groups is 1. The molecule has 5 nitrogen and oxygen atoms in total. The first-order chi connectivity index (χ1) is 11.6. The second-order valence-electron chi connectivity index (χ2n) is 5.56. The minimum Gasteiger partial charge on any atom is -0.496 e. The third kappa shape index (κ3) is 4.99. The normalized spacial score (nSPS) is 10.4. The lowest BCUT2D eigenvalue weighted by Gasteiger charge is -2.20. The SMILES string of the molecule is COc1ccccc1CCN(Cc1cccc(CCO)c1)C(=O)O. The van der Waals surface area contributed by atoms with E-state index >= 15 is 0 Å². The van der Waals surface area contributed by atoms with Crippen molar-refractivity contribution in [2.24, 2.45) is 0 Å². The van der Waals surface area contributed by atoms with Crippen LogP contribution >= 0.6 is 0 Å². The number of para-hydroxylation sites is 1. The van der Waals surface area contributed by atoms with E-state index in [1.807, 2.05) is 48.5 Å². The standard InChI is InChI=1S/C19H23NO4/c1-24-18-8-3-2-7-17(18)9-11-20(19(22)23)14-16-6-4-5-15(13-16)10-12-21/h2-8,13,21H,9-12,14H2,1H3,(H,22,23). The third-order valence-electron chi connectivity index (χ3n) is 3.88. The Morgan fingerprint density at radius 2 is 1.83 bits per heavy atom. The Hall–Kier alpha value is -2.53. The number of ether oxygens (including phenoxy) is 1. The van der Waals surface area contributed by atoms with Crippen LogP contribution in [0.5, 0.6) is 5.75 Å². The first-order valence-electron chi connectivity index (χ1n) is 7.92. The molecular formula is C19H23NO4. The Labute approximate surface area is 142 Å². The first-order valence-corrected chi connectivity index (χ1v) is 7.92. The minimum atomic E-state index is -0.947. The van der Waals surface area contributed by atoms with Crippen LogP contribution in [0, 0.1) is 0 Å². The van der Waals surface area contributed by atoms with Crippen molar-refractivity contribution < 1.29 is 19.7 Å². The topological polar surface area (TPSA) is 70.0 Å². The van der Waals surface area contributed by atoms with Crippen LogP contribution < -0.4 is 4.74 Å². The van der Waals surface area contributed by atoms with Gasteiger partial charge in [-0.05, 0) is 35.6 Å². The van der Waals surface area contributed by atoms with E-state index < -0.39 is 6.09 Å². The molecule has 0 aliphatic heterocycles. The van der Waals surface area contributed by atoms with Crippen molar-refractivity contribution >= 4 is 6.09 Å². The lowest BCUT2D eigenvalue weighted by Crippen LogP contribution is -2.31. The number of rotatable bonds is 8. The molecule has 0 fully saturated rings. The Morgan fingerprint density at radius 3 is 2.54 bits per heavy atom. The zero-order valence-electron chi connectivity index (χ0n) is 13.8. The van der Waals surface area contributed by atoms with E-state index in [4.69, 9.17) is 9.84 Å². The van der Waals surface area contributed by atoms with Gasteiger partial charge < -0.3 is 19.8 Å². The molecule has 128 valence electrons. The number of aliphatic hydroxyl groups excluding tert-OH is 1. The molecule has 24 heavy (non-hydrogen) atoms. The van der Waals surface area contributed by atoms with Crippen molar-refractivity contribution in [1.82, 2.24) is 4.90 Å². The quantitative estimate of drug-likeness (QED) is 0.781. The van der Waals surface area contributed by atoms with E-state index in [0.717, 1.165) is 22.4 Å². The molecule has 0 aliphatic carbocycles. The number of aliphatic hydroxyl groups is 1. The fraction of sp³-hybridized carbons (Fsp3) is 0.316. The Kier molecular flexibility index (Phi) is 6.63. The van der Waals surface area contributed by atoms with Crippen molar-refractivity contribution in [3.8, 4) is 5.75 Å². The Bertz CT molecular complexity index is 672. The molecule has 0 atom stereocenters. The highest BCUT2D eigenvalue weighted by Crippen LogP contribution is 2.18. The van der Waals surface area contributed by atoms with Crippen LogP contribution in [0.4, 0.5) is 4.79 Å². The predicted molar refractivity (Wildman–Crippen MR) is 92.4 cm³/mol. The molecule has 2 aromatic rings. The zero-order valence-corrected chi connectivity index (χ0v) is 13.8. The lowest BCUT2D eigenvalue weighted by molar-refractivity contribution is 0.142. The maximum atomic E-state index is 11.5. The van der Waals surface area contributed by atoms with Crippen LogP contribution in [-0.4, -0.2) is 41.5 Å². The number of benzene rings is 2. The van der Waals surface area contributed by atoms with Crippen LogP contribution in [0.1, 0.15) is 16.7 Å². The lowest BCUT2D eigenvalue weighted by atomic mass is 10.1. The van der Waals surface area contributed by atoms with Gasteiger partial charge in [0.1, 0.15) is 5.75 Å². The van der Waals surface area contributed by atoms with Gasteiger partial charge in [-0.25, -0.2) is 4.79 Å². The molecule has 0 unspecified atom stereocenters. The summed E-state index contributed by atoms with van der Waals surface area (Å²) in [6.45, 7) is 0.795. The summed E-state index contributed by atoms with van der Waals surface area (Å²) < 4.78 is 5.31. The molecule has 0 saturated heterocycles. The summed E-state index contributed by atoms with van der Waals surface area (Å²) in [4.78, 5) is 12.9. The third-order valence-corrected chi connectivity index (χ3v) is 3.88. The molecule has 5 heteroatoms. The van der Waals surface area contributed by atoms with Crippen LogP contribution in [0.3, 0.4) is 0 Å². The number of amides is 1. The summed E-state index contributed by atoms with van der Waals surface area (Å²) in [7, 11) is 1.61. The van der Waals surface area contributed by atoms with Gasteiger partial charge in [-0.3, -0.25) is 0 Å². The summed E-state index contributed by atoms with van der Waals surface area (Å²) in [5, 5.41) is 18.5. The average molecular weight is 329 g/mol. The Morgan fingerprint density at radius 1 is 1.08 bits per heavy atom. The summed E-state index contributed by atoms with van der Waals surface area (Å²) in [5.41, 5.74) is 2.91. The molecule has 0 aromatic heterocycles. The van der Waals surface area contributed by atoms with Gasteiger partial charge in [-0.2, -0.15) is 0 Å². The molecule has 2 rings (SSSR count). The monoisotopic (exact) mass is 329 g/mol. The molecule has 2 N–H and O–H groups in total. The van der Waals surface area contributed by atoms with Crippen molar-refractivity contribution in [3.05, 3.63) is 65.2 Å². The molecular weight excluding hydrogens is 306 g/mol. The molecule has 2 aromatic carbocycles. The first kappa shape index (κ1) is 17.8. The van der Waals surface area contributed by atoms with E-state index in [2.05, 4.69) is 0 Å². The van der Waals surface area contributed by atoms with E-state index in [-0.39, 0.29) is 6.61 Å². The van der Waals surface area contributed by atoms with Crippen molar-refractivity contribution in [3.63, 3.8) is 0 Å². The maximum absolute atomic E-state index is 11.5. The number of carboxylic acid groups (broad SMARTS) is 1. The van der Waals surface area contributed by atoms with Gasteiger partial charge in [-0.15, -0.1) is 0 Å². The highest BCUT2D eigenvalue weighted by molar-refractivity contribution is 5.65. The fourth-order valence-electron chi connectivity index (χ4n) is 2.64. The van der Waals surface area contributed by atoms with E-state index in [9.17, 15) is 9.90 Å². The van der Waals surface area contributed by atoms with Crippen LogP contribution in [0.15, 0.2) is 48.5 Å². The van der Waals surface area contributed by atoms with Crippen LogP contribution in [0.25, 0.3) is 0 Å². The molecule has 0 spiro atoms. The Balaban J connectivity index is 2.04. The average Bonchev–Trinajstić information content (AvgIpc) is 2.59. The summed E-state index contributed by atoms with van der Waals surface area (Å²) in [5.74, 6) is 0.771. The van der Waals surface area contributed by atoms with Crippen molar-refractivity contribution in [2.75, 3.05) is 20.3 Å². The maximum Gasteiger partial charge on any atom is 0.407 e. The predicted octanol–water partition coefficient (Wildman–Crippen LogP) is 2.95. The van der Waals surface area contributed by atoms with Gasteiger partial charge in [0, 0.05) is 19.7 Å². The van der Waals surface area contributed by atoms with Crippen LogP contribution in [0.2, 0.25) is 0 Å². The number of nitrogens with zero attached hydrogens (tertiary/aromatic N) is 1. The number of hydrogen-bond donors (Lipinski definition) is 2. The minimum absolute atomic E-state index is 0.0832. The number of methoxy groups -OCH3 is 1. The largest absolute Gasteiger partial charge is 0.496 e. The fourth-order valence-corrected chi connectivity index (χ4v) is 2.64. The molecule has 0 radical (unpaired) electrons. The highest BCUT2D eigenvalue weighted by Gasteiger charge is 2.14. The van der Waals surface area contributed by atoms with E-state index in [1.54, 1.807) is 7.11 Å². The van der Waals surface area contributed by atoms with Gasteiger partial charge in [0.2, 0.25) is 0 Å². The molecule has 0 aliphatic rings. The molecule has 0 bridgehead atoms. The summed E-state index contributed by atoms with van der Waals surface area (Å²) in [6, 6.07) is 15.3. The van der Waals surface area contributed by atoms with Gasteiger partial charge in [0.25, 0.3) is 0 Å². The van der Waals surface area contributed by atoms with Crippen LogP contribution in [-0.2, 0) is 19.4 Å². The zero-order chi connectivity index (χ0) is 17.4.